The molecule has 2 heterocycles. The quantitative estimate of drug-likeness (QED) is 0.132. The van der Waals surface area contributed by atoms with Crippen LogP contribution in [0.5, 0.6) is 0 Å². The van der Waals surface area contributed by atoms with Gasteiger partial charge in [0.15, 0.2) is 12.7 Å². The summed E-state index contributed by atoms with van der Waals surface area (Å²) in [6, 6.07) is 31.9. The van der Waals surface area contributed by atoms with Gasteiger partial charge in [-0.3, -0.25) is 4.98 Å². The number of rotatable bonds is 5. The van der Waals surface area contributed by atoms with E-state index >= 15 is 0 Å². The van der Waals surface area contributed by atoms with Crippen molar-refractivity contribution in [3.05, 3.63) is 139 Å². The number of hydrogen-bond donors (Lipinski definition) is 1. The number of halogens is 2. The lowest BCUT2D eigenvalue weighted by atomic mass is 10.2. The minimum atomic E-state index is 0. The molecule has 0 aliphatic rings. The number of hydrogen-bond acceptors (Lipinski definition) is 3. The van der Waals surface area contributed by atoms with E-state index in [1.165, 1.54) is 17.3 Å². The number of pyridine rings is 2. The molecule has 33 heavy (non-hydrogen) atoms. The van der Waals surface area contributed by atoms with E-state index in [2.05, 4.69) is 56.9 Å². The van der Waals surface area contributed by atoms with E-state index in [0.717, 1.165) is 23.3 Å². The first-order valence-corrected chi connectivity index (χ1v) is 11.2. The van der Waals surface area contributed by atoms with Crippen molar-refractivity contribution in [2.75, 3.05) is 0 Å². The maximum Gasteiger partial charge on any atom is 0.227 e. The van der Waals surface area contributed by atoms with Crippen molar-refractivity contribution in [1.29, 1.82) is 0 Å². The van der Waals surface area contributed by atoms with Crippen LogP contribution in [0.25, 0.3) is 6.08 Å². The van der Waals surface area contributed by atoms with Crippen LogP contribution in [0.4, 0.5) is 0 Å². The van der Waals surface area contributed by atoms with Gasteiger partial charge in [0, 0.05) is 29.2 Å². The molecular formula is C27H27Br2N3O. The van der Waals surface area contributed by atoms with E-state index in [1.54, 1.807) is 12.3 Å². The van der Waals surface area contributed by atoms with Crippen LogP contribution in [0.3, 0.4) is 0 Å². The zero-order valence-corrected chi connectivity index (χ0v) is 21.4. The van der Waals surface area contributed by atoms with E-state index in [4.69, 9.17) is 5.21 Å². The summed E-state index contributed by atoms with van der Waals surface area (Å²) in [7, 11) is 0. The maximum absolute atomic E-state index is 8.57. The molecule has 2 aromatic carbocycles. The molecule has 0 amide bonds. The van der Waals surface area contributed by atoms with Gasteiger partial charge < -0.3 is 22.2 Å². The van der Waals surface area contributed by atoms with Gasteiger partial charge in [-0.15, -0.1) is 0 Å². The molecule has 170 valence electrons. The second kappa shape index (κ2) is 17.5. The van der Waals surface area contributed by atoms with E-state index in [1.807, 2.05) is 83.6 Å². The molecule has 0 atom stereocenters. The summed E-state index contributed by atoms with van der Waals surface area (Å²) in [5.74, 6) is 0. The van der Waals surface area contributed by atoms with Crippen molar-refractivity contribution >= 4 is 28.2 Å². The smallest absolute Gasteiger partial charge is 0.227 e. The van der Waals surface area contributed by atoms with Gasteiger partial charge in [-0.2, -0.15) is 4.57 Å². The summed E-state index contributed by atoms with van der Waals surface area (Å²) in [6.45, 7) is 4.34. The molecule has 4 aromatic rings. The lowest BCUT2D eigenvalue weighted by Crippen LogP contribution is -3.00. The highest BCUT2D eigenvalue weighted by molar-refractivity contribution is 9.08. The topological polar surface area (TPSA) is 49.4 Å². The van der Waals surface area contributed by atoms with Crippen molar-refractivity contribution in [2.24, 2.45) is 5.16 Å². The third-order valence-electron chi connectivity index (χ3n) is 4.26. The van der Waals surface area contributed by atoms with Crippen molar-refractivity contribution in [3.63, 3.8) is 0 Å². The van der Waals surface area contributed by atoms with Gasteiger partial charge >= 0.3 is 0 Å². The molecule has 0 aliphatic heterocycles. The normalized spacial score (nSPS) is 9.48. The molecular weight excluding hydrogens is 542 g/mol. The first kappa shape index (κ1) is 27.9. The fourth-order valence-electron chi connectivity index (χ4n) is 2.65. The van der Waals surface area contributed by atoms with Crippen LogP contribution in [-0.2, 0) is 11.9 Å². The average Bonchev–Trinajstić information content (AvgIpc) is 2.88. The van der Waals surface area contributed by atoms with Crippen LogP contribution < -0.4 is 21.5 Å². The first-order chi connectivity index (χ1) is 15.8. The molecule has 0 aliphatic carbocycles. The standard InChI is InChI=1S/C13H12N2O.C7H7Br.C7H7N.BrH/c16-14-10-13-8-4-5-9-15(13)11-12-6-2-1-3-7-12;8-6-7-4-2-1-3-5-7;1-2-7-5-3-4-6-8-7;/h1-10H,11H2;1-5H,6H2;2-6H,1H2;1H. The summed E-state index contributed by atoms with van der Waals surface area (Å²) < 4.78 is 2.02. The Hall–Kier alpha value is -3.09. The summed E-state index contributed by atoms with van der Waals surface area (Å²) in [5, 5.41) is 12.6. The minimum absolute atomic E-state index is 0. The van der Waals surface area contributed by atoms with Gasteiger partial charge in [0.2, 0.25) is 5.69 Å². The molecule has 1 N–H and O–H groups in total. The summed E-state index contributed by atoms with van der Waals surface area (Å²) >= 11 is 3.36. The second-order valence-corrected chi connectivity index (χ2v) is 7.12. The third-order valence-corrected chi connectivity index (χ3v) is 4.90. The van der Waals surface area contributed by atoms with Gasteiger partial charge in [0.1, 0.15) is 6.21 Å². The van der Waals surface area contributed by atoms with E-state index < -0.39 is 0 Å². The predicted octanol–water partition coefficient (Wildman–Crippen LogP) is 3.14. The Labute approximate surface area is 214 Å². The van der Waals surface area contributed by atoms with E-state index in [-0.39, 0.29) is 17.0 Å². The van der Waals surface area contributed by atoms with Crippen molar-refractivity contribution < 1.29 is 26.8 Å². The minimum Gasteiger partial charge on any atom is -1.00 e. The maximum atomic E-state index is 8.57. The largest absolute Gasteiger partial charge is 1.00 e. The number of nitrogens with zero attached hydrogens (tertiary/aromatic N) is 3. The Kier molecular flexibility index (Phi) is 14.8. The van der Waals surface area contributed by atoms with Gasteiger partial charge in [-0.05, 0) is 29.8 Å². The Morgan fingerprint density at radius 3 is 1.94 bits per heavy atom. The summed E-state index contributed by atoms with van der Waals surface area (Å²) in [4.78, 5) is 3.98. The van der Waals surface area contributed by atoms with Crippen LogP contribution in [0.2, 0.25) is 0 Å². The van der Waals surface area contributed by atoms with Gasteiger partial charge in [0.25, 0.3) is 0 Å². The van der Waals surface area contributed by atoms with Gasteiger partial charge in [-0.25, -0.2) is 0 Å². The summed E-state index contributed by atoms with van der Waals surface area (Å²) in [6.07, 6.45) is 6.87. The fourth-order valence-corrected chi connectivity index (χ4v) is 3.03. The van der Waals surface area contributed by atoms with Gasteiger partial charge in [0.05, 0.1) is 5.69 Å². The zero-order chi connectivity index (χ0) is 22.9. The van der Waals surface area contributed by atoms with Crippen molar-refractivity contribution in [2.45, 2.75) is 11.9 Å². The third kappa shape index (κ3) is 11.4. The first-order valence-electron chi connectivity index (χ1n) is 10.1. The Balaban J connectivity index is 0.000000271. The molecule has 0 spiro atoms. The molecule has 6 heteroatoms. The molecule has 0 saturated heterocycles. The molecule has 0 radical (unpaired) electrons. The van der Waals surface area contributed by atoms with Crippen LogP contribution in [0, 0.1) is 0 Å². The molecule has 2 aromatic heterocycles. The highest BCUT2D eigenvalue weighted by atomic mass is 79.9. The second-order valence-electron chi connectivity index (χ2n) is 6.56. The molecule has 4 nitrogen and oxygen atoms in total. The highest BCUT2D eigenvalue weighted by Crippen LogP contribution is 2.02. The van der Waals surface area contributed by atoms with Gasteiger partial charge in [-0.1, -0.05) is 94.4 Å². The number of benzene rings is 2. The lowest BCUT2D eigenvalue weighted by molar-refractivity contribution is -0.689. The van der Waals surface area contributed by atoms with Crippen LogP contribution >= 0.6 is 15.9 Å². The molecule has 0 unspecified atom stereocenters. The Morgan fingerprint density at radius 1 is 0.848 bits per heavy atom. The zero-order valence-electron chi connectivity index (χ0n) is 18.2. The average molecular weight is 569 g/mol. The van der Waals surface area contributed by atoms with E-state index in [0.29, 0.717) is 0 Å². The fraction of sp³-hybridized carbons (Fsp3) is 0.0741. The number of oxime groups is 1. The van der Waals surface area contributed by atoms with Crippen LogP contribution in [0.15, 0.2) is 121 Å². The monoisotopic (exact) mass is 567 g/mol. The molecule has 0 fully saturated rings. The number of alkyl halides is 1. The number of aromatic nitrogens is 2. The Bertz CT molecular complexity index is 1060. The van der Waals surface area contributed by atoms with Crippen molar-refractivity contribution in [1.82, 2.24) is 4.98 Å². The highest BCUT2D eigenvalue weighted by Gasteiger charge is 2.07. The van der Waals surface area contributed by atoms with Crippen molar-refractivity contribution in [3.8, 4) is 0 Å². The molecule has 0 bridgehead atoms. The van der Waals surface area contributed by atoms with E-state index in [9.17, 15) is 0 Å². The lowest BCUT2D eigenvalue weighted by Gasteiger charge is -1.99. The molecule has 4 rings (SSSR count). The SMILES string of the molecule is BrCc1ccccc1.C=Cc1ccccn1.O/N=C/c1cccc[n+]1Cc1ccccc1.[Br-]. The molecule has 0 saturated carbocycles. The van der Waals surface area contributed by atoms with Crippen LogP contribution in [-0.4, -0.2) is 16.4 Å². The predicted molar refractivity (Wildman–Crippen MR) is 135 cm³/mol. The van der Waals surface area contributed by atoms with Crippen LogP contribution in [0.1, 0.15) is 22.5 Å². The Morgan fingerprint density at radius 2 is 1.45 bits per heavy atom. The summed E-state index contributed by atoms with van der Waals surface area (Å²) in [5.41, 5.74) is 4.33.